The van der Waals surface area contributed by atoms with Crippen LogP contribution in [-0.4, -0.2) is 16.6 Å². The Labute approximate surface area is 159 Å². The van der Waals surface area contributed by atoms with Crippen LogP contribution < -0.4 is 4.74 Å². The number of aromatic nitrogens is 2. The summed E-state index contributed by atoms with van der Waals surface area (Å²) < 4.78 is 5.70. The zero-order valence-electron chi connectivity index (χ0n) is 15.3. The highest BCUT2D eigenvalue weighted by atomic mass is 16.5. The number of nitrogens with zero attached hydrogens (tertiary/aromatic N) is 3. The Hall–Kier alpha value is -3.45. The maximum absolute atomic E-state index is 8.87. The first-order valence-corrected chi connectivity index (χ1v) is 9.01. The van der Waals surface area contributed by atoms with Crippen molar-refractivity contribution in [3.05, 3.63) is 78.6 Å². The summed E-state index contributed by atoms with van der Waals surface area (Å²) in [5.41, 5.74) is 3.50. The van der Waals surface area contributed by atoms with Gasteiger partial charge in [0.15, 0.2) is 5.82 Å². The minimum Gasteiger partial charge on any atom is -0.490 e. The van der Waals surface area contributed by atoms with Crippen LogP contribution in [0.15, 0.2) is 73.1 Å². The lowest BCUT2D eigenvalue weighted by Crippen LogP contribution is -1.93. The van der Waals surface area contributed by atoms with Gasteiger partial charge in [-0.15, -0.1) is 0 Å². The van der Waals surface area contributed by atoms with E-state index in [1.165, 1.54) is 0 Å². The van der Waals surface area contributed by atoms with E-state index in [-0.39, 0.29) is 0 Å². The molecule has 4 heteroatoms. The van der Waals surface area contributed by atoms with E-state index < -0.39 is 0 Å². The van der Waals surface area contributed by atoms with Gasteiger partial charge in [-0.3, -0.25) is 0 Å². The predicted octanol–water partition coefficient (Wildman–Crippen LogP) is 5.42. The molecule has 1 aromatic heterocycles. The van der Waals surface area contributed by atoms with Gasteiger partial charge >= 0.3 is 0 Å². The SMILES string of the molecule is CCCC=CCOc1ccc(-c2cnc(-c3ccc(C#N)cc3)nc2)cc1. The van der Waals surface area contributed by atoms with Crippen LogP contribution in [0.3, 0.4) is 0 Å². The van der Waals surface area contributed by atoms with Crippen molar-refractivity contribution in [2.75, 3.05) is 6.61 Å². The number of benzene rings is 2. The first-order valence-electron chi connectivity index (χ1n) is 9.01. The largest absolute Gasteiger partial charge is 0.490 e. The molecule has 27 heavy (non-hydrogen) atoms. The van der Waals surface area contributed by atoms with E-state index in [1.807, 2.05) is 54.9 Å². The van der Waals surface area contributed by atoms with Crippen LogP contribution in [0.2, 0.25) is 0 Å². The second kappa shape index (κ2) is 9.30. The van der Waals surface area contributed by atoms with E-state index in [4.69, 9.17) is 10.00 Å². The Morgan fingerprint density at radius 2 is 1.56 bits per heavy atom. The third kappa shape index (κ3) is 5.02. The van der Waals surface area contributed by atoms with Crippen molar-refractivity contribution in [2.24, 2.45) is 0 Å². The highest BCUT2D eigenvalue weighted by Gasteiger charge is 2.04. The van der Waals surface area contributed by atoms with Crippen LogP contribution in [0.1, 0.15) is 25.3 Å². The fourth-order valence-corrected chi connectivity index (χ4v) is 2.56. The summed E-state index contributed by atoms with van der Waals surface area (Å²) in [5.74, 6) is 1.48. The molecule has 1 heterocycles. The van der Waals surface area contributed by atoms with Gasteiger partial charge in [0.2, 0.25) is 0 Å². The van der Waals surface area contributed by atoms with Crippen molar-refractivity contribution in [1.82, 2.24) is 9.97 Å². The van der Waals surface area contributed by atoms with Crippen LogP contribution in [-0.2, 0) is 0 Å². The number of unbranched alkanes of at least 4 members (excludes halogenated alkanes) is 1. The second-order valence-corrected chi connectivity index (χ2v) is 6.08. The molecule has 0 aliphatic carbocycles. The van der Waals surface area contributed by atoms with E-state index >= 15 is 0 Å². The lowest BCUT2D eigenvalue weighted by atomic mass is 10.1. The molecule has 0 spiro atoms. The van der Waals surface area contributed by atoms with Crippen molar-refractivity contribution >= 4 is 0 Å². The average molecular weight is 355 g/mol. The number of allylic oxidation sites excluding steroid dienone is 1. The summed E-state index contributed by atoms with van der Waals surface area (Å²) in [6.45, 7) is 2.74. The number of ether oxygens (including phenoxy) is 1. The van der Waals surface area contributed by atoms with Gasteiger partial charge in [-0.25, -0.2) is 9.97 Å². The van der Waals surface area contributed by atoms with E-state index in [0.717, 1.165) is 35.3 Å². The van der Waals surface area contributed by atoms with E-state index in [2.05, 4.69) is 29.0 Å². The molecule has 0 unspecified atom stereocenters. The topological polar surface area (TPSA) is 58.8 Å². The fourth-order valence-electron chi connectivity index (χ4n) is 2.56. The maximum Gasteiger partial charge on any atom is 0.159 e. The second-order valence-electron chi connectivity index (χ2n) is 6.08. The van der Waals surface area contributed by atoms with Crippen molar-refractivity contribution < 1.29 is 4.74 Å². The number of hydrogen-bond acceptors (Lipinski definition) is 4. The summed E-state index contributed by atoms with van der Waals surface area (Å²) in [7, 11) is 0. The molecule has 0 atom stereocenters. The van der Waals surface area contributed by atoms with Crippen LogP contribution in [0.4, 0.5) is 0 Å². The quantitative estimate of drug-likeness (QED) is 0.531. The third-order valence-electron chi connectivity index (χ3n) is 4.08. The molecule has 0 saturated carbocycles. The van der Waals surface area contributed by atoms with E-state index in [1.54, 1.807) is 12.1 Å². The molecule has 3 rings (SSSR count). The third-order valence-corrected chi connectivity index (χ3v) is 4.08. The molecule has 0 N–H and O–H groups in total. The first-order chi connectivity index (χ1) is 13.3. The van der Waals surface area contributed by atoms with E-state index in [0.29, 0.717) is 18.0 Å². The minimum absolute atomic E-state index is 0.585. The molecule has 134 valence electrons. The summed E-state index contributed by atoms with van der Waals surface area (Å²) in [5, 5.41) is 8.87. The minimum atomic E-state index is 0.585. The smallest absolute Gasteiger partial charge is 0.159 e. The highest BCUT2D eigenvalue weighted by Crippen LogP contribution is 2.23. The van der Waals surface area contributed by atoms with Gasteiger partial charge in [0.25, 0.3) is 0 Å². The standard InChI is InChI=1S/C23H21N3O/c1-2-3-4-5-14-27-22-12-10-19(11-13-22)21-16-25-23(26-17-21)20-8-6-18(15-24)7-9-20/h4-13,16-17H,2-3,14H2,1H3. The molecule has 2 aromatic carbocycles. The Morgan fingerprint density at radius 3 is 2.19 bits per heavy atom. The number of hydrogen-bond donors (Lipinski definition) is 0. The molecule has 0 aliphatic rings. The summed E-state index contributed by atoms with van der Waals surface area (Å²) in [6, 6.07) is 17.3. The molecule has 0 fully saturated rings. The van der Waals surface area contributed by atoms with Gasteiger partial charge in [-0.1, -0.05) is 37.6 Å². The molecular formula is C23H21N3O. The van der Waals surface area contributed by atoms with Crippen molar-refractivity contribution in [3.63, 3.8) is 0 Å². The highest BCUT2D eigenvalue weighted by molar-refractivity contribution is 5.64. The van der Waals surface area contributed by atoms with Gasteiger partial charge in [0.1, 0.15) is 12.4 Å². The molecule has 0 aliphatic heterocycles. The Kier molecular flexibility index (Phi) is 6.32. The van der Waals surface area contributed by atoms with E-state index in [9.17, 15) is 0 Å². The monoisotopic (exact) mass is 355 g/mol. The van der Waals surface area contributed by atoms with Gasteiger partial charge in [-0.05, 0) is 48.4 Å². The first kappa shape index (κ1) is 18.3. The molecule has 0 radical (unpaired) electrons. The summed E-state index contributed by atoms with van der Waals surface area (Å²) >= 11 is 0. The van der Waals surface area contributed by atoms with Gasteiger partial charge in [-0.2, -0.15) is 5.26 Å². The maximum atomic E-state index is 8.87. The Morgan fingerprint density at radius 1 is 0.889 bits per heavy atom. The fraction of sp³-hybridized carbons (Fsp3) is 0.174. The summed E-state index contributed by atoms with van der Waals surface area (Å²) in [4.78, 5) is 8.89. The van der Waals surface area contributed by atoms with Crippen molar-refractivity contribution in [3.8, 4) is 34.3 Å². The van der Waals surface area contributed by atoms with Crippen LogP contribution in [0.5, 0.6) is 5.75 Å². The van der Waals surface area contributed by atoms with Gasteiger partial charge in [0, 0.05) is 23.5 Å². The predicted molar refractivity (Wildman–Crippen MR) is 107 cm³/mol. The van der Waals surface area contributed by atoms with Crippen molar-refractivity contribution in [2.45, 2.75) is 19.8 Å². The molecule has 3 aromatic rings. The van der Waals surface area contributed by atoms with Crippen molar-refractivity contribution in [1.29, 1.82) is 5.26 Å². The average Bonchev–Trinajstić information content (AvgIpc) is 2.74. The summed E-state index contributed by atoms with van der Waals surface area (Å²) in [6.07, 6.45) is 10.0. The lowest BCUT2D eigenvalue weighted by Gasteiger charge is -2.06. The van der Waals surface area contributed by atoms with Crippen LogP contribution >= 0.6 is 0 Å². The molecule has 4 nitrogen and oxygen atoms in total. The number of nitriles is 1. The van der Waals surface area contributed by atoms with Crippen LogP contribution in [0, 0.1) is 11.3 Å². The zero-order chi connectivity index (χ0) is 18.9. The van der Waals surface area contributed by atoms with Crippen LogP contribution in [0.25, 0.3) is 22.5 Å². The molecule has 0 saturated heterocycles. The molecule has 0 amide bonds. The zero-order valence-corrected chi connectivity index (χ0v) is 15.3. The molecule has 0 bridgehead atoms. The number of rotatable bonds is 7. The van der Waals surface area contributed by atoms with Gasteiger partial charge < -0.3 is 4.74 Å². The molecular weight excluding hydrogens is 334 g/mol. The Balaban J connectivity index is 1.65. The Bertz CT molecular complexity index is 921. The lowest BCUT2D eigenvalue weighted by molar-refractivity contribution is 0.362. The van der Waals surface area contributed by atoms with Gasteiger partial charge in [0.05, 0.1) is 11.6 Å². The normalized spacial score (nSPS) is 10.7.